The summed E-state index contributed by atoms with van der Waals surface area (Å²) in [6.07, 6.45) is 1.40. The van der Waals surface area contributed by atoms with E-state index in [9.17, 15) is 14.9 Å². The lowest BCUT2D eigenvalue weighted by Gasteiger charge is -2.41. The highest BCUT2D eigenvalue weighted by atomic mass is 19.1. The molecule has 1 aliphatic carbocycles. The van der Waals surface area contributed by atoms with E-state index in [4.69, 9.17) is 14.5 Å². The molecular weight excluding hydrogens is 539 g/mol. The number of fused-ring (bicyclic) bond motifs is 1. The van der Waals surface area contributed by atoms with E-state index < -0.39 is 18.2 Å². The maximum absolute atomic E-state index is 15.2. The molecule has 0 N–H and O–H groups in total. The van der Waals surface area contributed by atoms with Gasteiger partial charge in [-0.1, -0.05) is 30.8 Å². The van der Waals surface area contributed by atoms with Crippen LogP contribution in [0.5, 0.6) is 6.01 Å². The molecule has 3 unspecified atom stereocenters. The number of likely N-dealkylation sites (tertiary alicyclic amines) is 1. The zero-order valence-electron chi connectivity index (χ0n) is 24.2. The van der Waals surface area contributed by atoms with Crippen molar-refractivity contribution >= 4 is 17.5 Å². The van der Waals surface area contributed by atoms with Gasteiger partial charge in [-0.05, 0) is 57.8 Å². The molecule has 10 nitrogen and oxygen atoms in total. The number of Topliss-reactive ketones (excluding diaryl/α,β-unsaturated/α-hetero) is 1. The van der Waals surface area contributed by atoms with Crippen molar-refractivity contribution < 1.29 is 23.5 Å². The van der Waals surface area contributed by atoms with Gasteiger partial charge in [-0.15, -0.1) is 0 Å². The number of hydrogen-bond acceptors (Lipinski definition) is 9. The van der Waals surface area contributed by atoms with Crippen molar-refractivity contribution in [2.75, 3.05) is 44.7 Å². The second-order valence-electron chi connectivity index (χ2n) is 11.1. The lowest BCUT2D eigenvalue weighted by molar-refractivity contribution is -0.128. The number of carbonyl (C=O) groups is 2. The van der Waals surface area contributed by atoms with Crippen molar-refractivity contribution in [3.05, 3.63) is 59.3 Å². The van der Waals surface area contributed by atoms with Crippen molar-refractivity contribution in [1.82, 2.24) is 19.8 Å². The molecule has 2 aromatic rings. The number of aromatic nitrogens is 2. The minimum atomic E-state index is -1.75. The van der Waals surface area contributed by atoms with E-state index >= 15 is 4.39 Å². The summed E-state index contributed by atoms with van der Waals surface area (Å²) in [6, 6.07) is 9.12. The highest BCUT2D eigenvalue weighted by Crippen LogP contribution is 2.35. The van der Waals surface area contributed by atoms with Gasteiger partial charge < -0.3 is 24.2 Å². The van der Waals surface area contributed by atoms with Crippen molar-refractivity contribution in [1.29, 1.82) is 5.26 Å². The minimum Gasteiger partial charge on any atom is -0.462 e. The Bertz CT molecular complexity index is 1380. The molecule has 2 fully saturated rings. The normalized spacial score (nSPS) is 23.3. The van der Waals surface area contributed by atoms with Gasteiger partial charge in [0.15, 0.2) is 0 Å². The Morgan fingerprint density at radius 2 is 2.05 bits per heavy atom. The Balaban J connectivity index is 1.44. The number of nitrogens with zero attached hydrogens (tertiary/aromatic N) is 6. The number of halogens is 1. The quantitative estimate of drug-likeness (QED) is 0.414. The number of nitriles is 1. The van der Waals surface area contributed by atoms with Crippen LogP contribution in [-0.4, -0.2) is 89.5 Å². The number of aryl methyl sites for hydroxylation is 1. The third-order valence-electron chi connectivity index (χ3n) is 8.51. The highest BCUT2D eigenvalue weighted by Gasteiger charge is 2.38. The fourth-order valence-corrected chi connectivity index (χ4v) is 6.06. The minimum absolute atomic E-state index is 0.0789. The summed E-state index contributed by atoms with van der Waals surface area (Å²) in [5, 5.41) is 9.44. The highest BCUT2D eigenvalue weighted by molar-refractivity contribution is 6.01. The molecule has 0 radical (unpaired) electrons. The number of carbonyl (C=O) groups excluding carboxylic acids is 2. The first-order valence-electron chi connectivity index (χ1n) is 14.5. The number of likely N-dealkylation sites (N-methyl/N-ethyl adjacent to an activating group) is 1. The standard InChI is InChI=1S/C31H37FN6O4/c1-4-26(39)38-17-16-37(18-21(38)13-14-33)30-24-11-12-25(42-29(32)23-10-6-5-8-20(23)2)28(40)27(24)34-31(35-30)41-19-22-9-7-15-36(22)3/h4-6,8,10,21-22,25,29H,1,7,9,11-13,15-19H2,2-3H3/t21?,22?,25-,29?/m1/s1. The molecule has 222 valence electrons. The number of ketones is 1. The van der Waals surface area contributed by atoms with E-state index in [2.05, 4.69) is 22.5 Å². The van der Waals surface area contributed by atoms with Gasteiger partial charge in [-0.2, -0.15) is 15.2 Å². The smallest absolute Gasteiger partial charge is 0.319 e. The van der Waals surface area contributed by atoms with Gasteiger partial charge in [0, 0.05) is 36.8 Å². The molecule has 0 bridgehead atoms. The fourth-order valence-electron chi connectivity index (χ4n) is 6.06. The summed E-state index contributed by atoms with van der Waals surface area (Å²) in [5.41, 5.74) is 1.95. The van der Waals surface area contributed by atoms with Crippen LogP contribution in [0.15, 0.2) is 36.9 Å². The molecule has 1 amide bonds. The third-order valence-corrected chi connectivity index (χ3v) is 8.51. The van der Waals surface area contributed by atoms with E-state index in [0.717, 1.165) is 24.9 Å². The zero-order chi connectivity index (χ0) is 29.8. The molecule has 5 rings (SSSR count). The van der Waals surface area contributed by atoms with Gasteiger partial charge in [0.1, 0.15) is 24.2 Å². The molecular formula is C31H37FN6O4. The number of rotatable bonds is 9. The number of alkyl halides is 1. The Morgan fingerprint density at radius 1 is 1.24 bits per heavy atom. The van der Waals surface area contributed by atoms with Gasteiger partial charge in [-0.3, -0.25) is 9.59 Å². The topological polar surface area (TPSA) is 112 Å². The number of benzene rings is 1. The first kappa shape index (κ1) is 29.6. The summed E-state index contributed by atoms with van der Waals surface area (Å²) >= 11 is 0. The van der Waals surface area contributed by atoms with Crippen LogP contribution in [0.2, 0.25) is 0 Å². The van der Waals surface area contributed by atoms with Crippen LogP contribution in [0.3, 0.4) is 0 Å². The Hall–Kier alpha value is -3.88. The summed E-state index contributed by atoms with van der Waals surface area (Å²) in [7, 11) is 2.05. The predicted octanol–water partition coefficient (Wildman–Crippen LogP) is 3.56. The summed E-state index contributed by atoms with van der Waals surface area (Å²) in [6.45, 7) is 7.93. The molecule has 3 aliphatic rings. The van der Waals surface area contributed by atoms with E-state index in [-0.39, 0.29) is 42.5 Å². The Morgan fingerprint density at radius 3 is 2.76 bits per heavy atom. The van der Waals surface area contributed by atoms with Crippen LogP contribution in [0, 0.1) is 18.3 Å². The number of hydrogen-bond donors (Lipinski definition) is 0. The molecule has 2 saturated heterocycles. The molecule has 2 aliphatic heterocycles. The van der Waals surface area contributed by atoms with E-state index in [1.165, 1.54) is 6.08 Å². The number of ether oxygens (including phenoxy) is 2. The van der Waals surface area contributed by atoms with Crippen molar-refractivity contribution in [3.8, 4) is 12.1 Å². The molecule has 1 aromatic heterocycles. The van der Waals surface area contributed by atoms with E-state index in [1.54, 1.807) is 30.0 Å². The van der Waals surface area contributed by atoms with Crippen LogP contribution in [0.25, 0.3) is 0 Å². The molecule has 11 heteroatoms. The number of amides is 1. The van der Waals surface area contributed by atoms with Gasteiger partial charge in [-0.25, -0.2) is 4.39 Å². The SMILES string of the molecule is C=CC(=O)N1CCN(c2nc(OCC3CCCN3C)nc3c2CC[C@@H](OC(F)c2ccccc2C)C3=O)CC1CC#N. The van der Waals surface area contributed by atoms with Gasteiger partial charge in [0.25, 0.3) is 0 Å². The van der Waals surface area contributed by atoms with Crippen LogP contribution in [0.1, 0.15) is 59.2 Å². The number of piperazine rings is 1. The van der Waals surface area contributed by atoms with Crippen LogP contribution in [-0.2, 0) is 16.0 Å². The third kappa shape index (κ3) is 6.15. The zero-order valence-corrected chi connectivity index (χ0v) is 24.2. The molecule has 0 saturated carbocycles. The summed E-state index contributed by atoms with van der Waals surface area (Å²) in [5.74, 6) is -0.0899. The molecule has 3 heterocycles. The maximum atomic E-state index is 15.2. The second-order valence-corrected chi connectivity index (χ2v) is 11.1. The van der Waals surface area contributed by atoms with E-state index in [0.29, 0.717) is 49.6 Å². The van der Waals surface area contributed by atoms with Gasteiger partial charge >= 0.3 is 6.01 Å². The second kappa shape index (κ2) is 13.0. The molecule has 42 heavy (non-hydrogen) atoms. The van der Waals surface area contributed by atoms with Crippen LogP contribution < -0.4 is 9.64 Å². The first-order chi connectivity index (χ1) is 20.3. The summed E-state index contributed by atoms with van der Waals surface area (Å²) < 4.78 is 27.0. The Labute approximate surface area is 245 Å². The van der Waals surface area contributed by atoms with Crippen LogP contribution in [0.4, 0.5) is 10.2 Å². The number of anilines is 1. The fraction of sp³-hybridized carbons (Fsp3) is 0.516. The predicted molar refractivity (Wildman–Crippen MR) is 154 cm³/mol. The van der Waals surface area contributed by atoms with Crippen molar-refractivity contribution in [2.45, 2.75) is 63.6 Å². The van der Waals surface area contributed by atoms with Crippen molar-refractivity contribution in [2.24, 2.45) is 0 Å². The Kier molecular flexibility index (Phi) is 9.14. The molecule has 1 aromatic carbocycles. The average molecular weight is 577 g/mol. The monoisotopic (exact) mass is 576 g/mol. The van der Waals surface area contributed by atoms with E-state index in [1.807, 2.05) is 18.0 Å². The largest absolute Gasteiger partial charge is 0.462 e. The van der Waals surface area contributed by atoms with Gasteiger partial charge in [0.2, 0.25) is 18.0 Å². The lowest BCUT2D eigenvalue weighted by Crippen LogP contribution is -2.55. The average Bonchev–Trinajstić information content (AvgIpc) is 3.41. The van der Waals surface area contributed by atoms with Crippen LogP contribution >= 0.6 is 0 Å². The molecule has 4 atom stereocenters. The van der Waals surface area contributed by atoms with Gasteiger partial charge in [0.05, 0.1) is 18.5 Å². The maximum Gasteiger partial charge on any atom is 0.319 e. The lowest BCUT2D eigenvalue weighted by atomic mass is 9.92. The summed E-state index contributed by atoms with van der Waals surface area (Å²) in [4.78, 5) is 41.4. The van der Waals surface area contributed by atoms with Crippen molar-refractivity contribution in [3.63, 3.8) is 0 Å². The molecule has 0 spiro atoms. The first-order valence-corrected chi connectivity index (χ1v) is 14.5.